The van der Waals surface area contributed by atoms with Crippen LogP contribution in [0.1, 0.15) is 0 Å². The zero-order chi connectivity index (χ0) is 20.2. The molecule has 0 aliphatic heterocycles. The fourth-order valence-electron chi connectivity index (χ4n) is 2.82. The van der Waals surface area contributed by atoms with E-state index in [1.165, 1.54) is 0 Å². The molecule has 0 unspecified atom stereocenters. The molecule has 0 radical (unpaired) electrons. The van der Waals surface area contributed by atoms with E-state index in [0.717, 1.165) is 34.1 Å². The van der Waals surface area contributed by atoms with Gasteiger partial charge in [0.1, 0.15) is 0 Å². The van der Waals surface area contributed by atoms with Crippen LogP contribution in [0.15, 0.2) is 59.9 Å². The number of aromatic nitrogens is 5. The summed E-state index contributed by atoms with van der Waals surface area (Å²) in [5.74, 6) is -0.581. The minimum atomic E-state index is -0.936. The minimum absolute atomic E-state index is 0.122. The molecule has 0 saturated heterocycles. The molecule has 2 aromatic carbocycles. The van der Waals surface area contributed by atoms with Gasteiger partial charge in [-0.05, 0) is 41.0 Å². The molecule has 29 heavy (non-hydrogen) atoms. The van der Waals surface area contributed by atoms with Crippen molar-refractivity contribution in [3.8, 4) is 33.8 Å². The highest BCUT2D eigenvalue weighted by Gasteiger charge is 2.11. The largest absolute Gasteiger partial charge is 0.481 e. The number of carbonyl (C=O) groups is 1. The van der Waals surface area contributed by atoms with Crippen molar-refractivity contribution in [2.24, 2.45) is 0 Å². The van der Waals surface area contributed by atoms with Gasteiger partial charge in [0, 0.05) is 11.8 Å². The number of aliphatic carboxylic acids is 1. The first kappa shape index (κ1) is 18.7. The summed E-state index contributed by atoms with van der Waals surface area (Å²) in [5, 5.41) is 32.3. The summed E-state index contributed by atoms with van der Waals surface area (Å²) >= 11 is 1.03. The minimum Gasteiger partial charge on any atom is -0.481 e. The average molecular weight is 408 g/mol. The van der Waals surface area contributed by atoms with Crippen LogP contribution in [0.25, 0.3) is 33.8 Å². The lowest BCUT2D eigenvalue weighted by Crippen LogP contribution is -1.97. The summed E-state index contributed by atoms with van der Waals surface area (Å²) < 4.78 is 0. The van der Waals surface area contributed by atoms with Crippen LogP contribution in [-0.4, -0.2) is 47.4 Å². The predicted molar refractivity (Wildman–Crippen MR) is 109 cm³/mol. The Morgan fingerprint density at radius 1 is 1.00 bits per heavy atom. The normalized spacial score (nSPS) is 10.8. The number of anilines is 1. The van der Waals surface area contributed by atoms with Crippen LogP contribution in [0.4, 0.5) is 5.69 Å². The topological polar surface area (TPSA) is 140 Å². The highest BCUT2D eigenvalue weighted by atomic mass is 32.2. The third kappa shape index (κ3) is 4.28. The second kappa shape index (κ2) is 8.17. The first-order valence-electron chi connectivity index (χ1n) is 8.55. The molecule has 0 aliphatic rings. The number of hydrogen-bond acceptors (Lipinski definition) is 7. The molecule has 4 rings (SSSR count). The van der Waals surface area contributed by atoms with E-state index < -0.39 is 5.97 Å². The van der Waals surface area contributed by atoms with Crippen LogP contribution in [-0.2, 0) is 4.79 Å². The molecule has 0 fully saturated rings. The second-order valence-electron chi connectivity index (χ2n) is 6.11. The smallest absolute Gasteiger partial charge is 0.313 e. The number of rotatable bonds is 7. The molecule has 0 atom stereocenters. The maximum absolute atomic E-state index is 10.7. The lowest BCUT2D eigenvalue weighted by molar-refractivity contribution is -0.133. The van der Waals surface area contributed by atoms with Crippen LogP contribution in [0.5, 0.6) is 0 Å². The van der Waals surface area contributed by atoms with E-state index in [0.29, 0.717) is 22.2 Å². The maximum Gasteiger partial charge on any atom is 0.313 e. The number of nitrogens with one attached hydrogen (secondary N) is 3. The predicted octanol–water partition coefficient (Wildman–Crippen LogP) is 3.51. The highest BCUT2D eigenvalue weighted by molar-refractivity contribution is 7.99. The molecule has 2 heterocycles. The molecule has 0 amide bonds. The standard InChI is InChI=1S/C19H16N6O3S/c26-17(27)10-29-19-21-18(23-24-19)14-7-13(8-15(9-14)25-28)11-1-3-12(4-2-11)16-5-6-20-22-16/h1-9,25,28H,10H2,(H,20,22)(H,26,27)(H,21,23,24). The number of carboxylic acid groups (broad SMARTS) is 1. The monoisotopic (exact) mass is 408 g/mol. The van der Waals surface area contributed by atoms with Gasteiger partial charge >= 0.3 is 5.97 Å². The lowest BCUT2D eigenvalue weighted by atomic mass is 10.00. The van der Waals surface area contributed by atoms with Gasteiger partial charge in [-0.2, -0.15) is 5.10 Å². The molecule has 9 nitrogen and oxygen atoms in total. The van der Waals surface area contributed by atoms with Gasteiger partial charge in [-0.25, -0.2) is 4.98 Å². The Labute approximate surface area is 169 Å². The molecule has 2 aromatic heterocycles. The summed E-state index contributed by atoms with van der Waals surface area (Å²) in [4.78, 5) is 15.0. The van der Waals surface area contributed by atoms with E-state index in [1.807, 2.05) is 42.5 Å². The zero-order valence-corrected chi connectivity index (χ0v) is 15.8. The molecular formula is C19H16N6O3S. The van der Waals surface area contributed by atoms with Crippen molar-refractivity contribution in [3.63, 3.8) is 0 Å². The Hall–Kier alpha value is -3.63. The number of benzene rings is 2. The Balaban J connectivity index is 1.64. The quantitative estimate of drug-likeness (QED) is 0.231. The molecule has 0 aliphatic carbocycles. The van der Waals surface area contributed by atoms with Crippen LogP contribution >= 0.6 is 11.8 Å². The van der Waals surface area contributed by atoms with E-state index >= 15 is 0 Å². The van der Waals surface area contributed by atoms with Gasteiger partial charge in [0.25, 0.3) is 0 Å². The van der Waals surface area contributed by atoms with E-state index in [-0.39, 0.29) is 5.75 Å². The molecule has 0 spiro atoms. The number of nitrogens with zero attached hydrogens (tertiary/aromatic N) is 3. The van der Waals surface area contributed by atoms with Gasteiger partial charge in [0.2, 0.25) is 5.16 Å². The summed E-state index contributed by atoms with van der Waals surface area (Å²) in [6, 6.07) is 15.3. The molecule has 0 saturated carbocycles. The first-order chi connectivity index (χ1) is 14.1. The fraction of sp³-hybridized carbons (Fsp3) is 0.0526. The van der Waals surface area contributed by atoms with E-state index in [2.05, 4.69) is 30.9 Å². The summed E-state index contributed by atoms with van der Waals surface area (Å²) in [6.07, 6.45) is 1.70. The van der Waals surface area contributed by atoms with Crippen molar-refractivity contribution in [2.45, 2.75) is 5.16 Å². The summed E-state index contributed by atoms with van der Waals surface area (Å²) in [6.45, 7) is 0. The zero-order valence-electron chi connectivity index (χ0n) is 15.0. The van der Waals surface area contributed by atoms with Crippen molar-refractivity contribution in [3.05, 3.63) is 54.7 Å². The molecule has 4 aromatic rings. The van der Waals surface area contributed by atoms with E-state index in [4.69, 9.17) is 5.11 Å². The second-order valence-corrected chi connectivity index (χ2v) is 7.05. The average Bonchev–Trinajstić information content (AvgIpc) is 3.44. The van der Waals surface area contributed by atoms with Gasteiger partial charge < -0.3 is 5.11 Å². The van der Waals surface area contributed by atoms with Gasteiger partial charge in [-0.1, -0.05) is 36.0 Å². The number of aromatic amines is 2. The van der Waals surface area contributed by atoms with Crippen molar-refractivity contribution in [1.82, 2.24) is 25.4 Å². The van der Waals surface area contributed by atoms with Crippen LogP contribution in [0, 0.1) is 0 Å². The number of carboxylic acids is 1. The third-order valence-electron chi connectivity index (χ3n) is 4.16. The van der Waals surface area contributed by atoms with Gasteiger partial charge in [-0.3, -0.25) is 25.7 Å². The maximum atomic E-state index is 10.7. The van der Waals surface area contributed by atoms with E-state index in [1.54, 1.807) is 12.3 Å². The Morgan fingerprint density at radius 3 is 2.45 bits per heavy atom. The van der Waals surface area contributed by atoms with Gasteiger partial charge in [0.15, 0.2) is 5.82 Å². The van der Waals surface area contributed by atoms with Gasteiger partial charge in [-0.15, -0.1) is 5.10 Å². The third-order valence-corrected chi connectivity index (χ3v) is 4.99. The SMILES string of the molecule is O=C(O)CSc1n[nH]c(-c2cc(NO)cc(-c3ccc(-c4ccn[nH]4)cc3)c2)n1. The van der Waals surface area contributed by atoms with Crippen molar-refractivity contribution < 1.29 is 15.1 Å². The Kier molecular flexibility index (Phi) is 5.27. The van der Waals surface area contributed by atoms with Crippen molar-refractivity contribution in [2.75, 3.05) is 11.2 Å². The number of hydrogen-bond donors (Lipinski definition) is 5. The number of thioether (sulfide) groups is 1. The summed E-state index contributed by atoms with van der Waals surface area (Å²) in [5.41, 5.74) is 7.12. The fourth-order valence-corrected chi connectivity index (χ4v) is 3.34. The molecule has 146 valence electrons. The first-order valence-corrected chi connectivity index (χ1v) is 9.53. The molecule has 0 bridgehead atoms. The molecule has 5 N–H and O–H groups in total. The highest BCUT2D eigenvalue weighted by Crippen LogP contribution is 2.30. The van der Waals surface area contributed by atoms with Crippen molar-refractivity contribution in [1.29, 1.82) is 0 Å². The number of H-pyrrole nitrogens is 2. The van der Waals surface area contributed by atoms with Crippen molar-refractivity contribution >= 4 is 23.4 Å². The van der Waals surface area contributed by atoms with Crippen LogP contribution in [0.3, 0.4) is 0 Å². The lowest BCUT2D eigenvalue weighted by Gasteiger charge is -2.09. The molecular weight excluding hydrogens is 392 g/mol. The van der Waals surface area contributed by atoms with E-state index in [9.17, 15) is 10.0 Å². The van der Waals surface area contributed by atoms with Crippen LogP contribution < -0.4 is 5.48 Å². The van der Waals surface area contributed by atoms with Crippen LogP contribution in [0.2, 0.25) is 0 Å². The Bertz CT molecular complexity index is 1130. The molecule has 10 heteroatoms. The summed E-state index contributed by atoms with van der Waals surface area (Å²) in [7, 11) is 0. The Morgan fingerprint density at radius 2 is 1.76 bits per heavy atom. The van der Waals surface area contributed by atoms with Gasteiger partial charge in [0.05, 0.1) is 17.1 Å².